The Morgan fingerprint density at radius 3 is 1.93 bits per heavy atom. The van der Waals surface area contributed by atoms with Crippen LogP contribution in [0.1, 0.15) is 40.0 Å². The summed E-state index contributed by atoms with van der Waals surface area (Å²) in [6.45, 7) is 0.998. The van der Waals surface area contributed by atoms with Crippen molar-refractivity contribution >= 4 is 10.3 Å². The molecule has 2 aliphatic rings. The van der Waals surface area contributed by atoms with Gasteiger partial charge in [0, 0.05) is 13.1 Å². The Balaban J connectivity index is 0.00000112. The molecule has 15 heavy (non-hydrogen) atoms. The summed E-state index contributed by atoms with van der Waals surface area (Å²) in [6.07, 6.45) is 6.90. The van der Waals surface area contributed by atoms with E-state index in [9.17, 15) is 8.42 Å². The first-order valence-corrected chi connectivity index (χ1v) is 6.64. The molecule has 6 heteroatoms. The number of hydrogen-bond donors (Lipinski definition) is 1. The van der Waals surface area contributed by atoms with Crippen LogP contribution in [0.2, 0.25) is 0 Å². The molecule has 0 atom stereocenters. The van der Waals surface area contributed by atoms with Gasteiger partial charge in [-0.2, -0.15) is 12.7 Å². The average Bonchev–Trinajstić information content (AvgIpc) is 2.53. The van der Waals surface area contributed by atoms with Gasteiger partial charge in [0.2, 0.25) is 0 Å². The maximum atomic E-state index is 10.9. The van der Waals surface area contributed by atoms with Gasteiger partial charge in [-0.25, -0.2) is 0 Å². The van der Waals surface area contributed by atoms with E-state index in [0.717, 1.165) is 12.8 Å². The second-order valence-electron chi connectivity index (χ2n) is 4.58. The smallest absolute Gasteiger partial charge is 1.00 e. The maximum Gasteiger partial charge on any atom is 1.00 e. The molecule has 0 aromatic rings. The fourth-order valence-electron chi connectivity index (χ4n) is 2.82. The van der Waals surface area contributed by atoms with E-state index in [-0.39, 0.29) is 31.0 Å². The Hall–Kier alpha value is 0.870. The molecule has 0 radical (unpaired) electrons. The van der Waals surface area contributed by atoms with Crippen LogP contribution < -0.4 is 29.6 Å². The molecule has 1 N–H and O–H groups in total. The van der Waals surface area contributed by atoms with Gasteiger partial charge in [-0.15, -0.1) is 0 Å². The van der Waals surface area contributed by atoms with E-state index >= 15 is 0 Å². The number of nitrogens with zero attached hydrogens (tertiary/aromatic N) is 1. The van der Waals surface area contributed by atoms with Crippen LogP contribution in [-0.2, 0) is 10.3 Å². The molecular formula is C9H18NNaO3S. The monoisotopic (exact) mass is 243 g/mol. The van der Waals surface area contributed by atoms with Crippen molar-refractivity contribution in [3.63, 3.8) is 0 Å². The zero-order valence-electron chi connectivity index (χ0n) is 10.3. The minimum Gasteiger partial charge on any atom is -1.00 e. The van der Waals surface area contributed by atoms with E-state index < -0.39 is 10.3 Å². The summed E-state index contributed by atoms with van der Waals surface area (Å²) in [5.41, 5.74) is 0.404. The predicted octanol–water partition coefficient (Wildman–Crippen LogP) is -1.44. The fraction of sp³-hybridized carbons (Fsp3) is 1.00. The molecule has 2 fully saturated rings. The molecule has 0 aromatic heterocycles. The van der Waals surface area contributed by atoms with Gasteiger partial charge in [0.1, 0.15) is 0 Å². The predicted molar refractivity (Wildman–Crippen MR) is 54.4 cm³/mol. The van der Waals surface area contributed by atoms with Crippen molar-refractivity contribution in [1.82, 2.24) is 4.31 Å². The van der Waals surface area contributed by atoms with Gasteiger partial charge in [0.05, 0.1) is 0 Å². The first-order chi connectivity index (χ1) is 6.52. The number of piperidine rings is 1. The third-order valence-electron chi connectivity index (χ3n) is 3.77. The third-order valence-corrected chi connectivity index (χ3v) is 4.79. The van der Waals surface area contributed by atoms with E-state index in [0.29, 0.717) is 18.5 Å². The van der Waals surface area contributed by atoms with E-state index in [1.807, 2.05) is 0 Å². The standard InChI is InChI=1S/C9H17NO3S.Na.H/c11-14(12,13)10-7-5-9(6-8-10)3-1-2-4-9;;/h1-8H2,(H,11,12,13);;/q;+1;-1. The van der Waals surface area contributed by atoms with Crippen molar-refractivity contribution in [3.8, 4) is 0 Å². The molecule has 0 aromatic carbocycles. The summed E-state index contributed by atoms with van der Waals surface area (Å²) in [5.74, 6) is 0. The minimum absolute atomic E-state index is 0. The van der Waals surface area contributed by atoms with Gasteiger partial charge in [-0.1, -0.05) is 12.8 Å². The van der Waals surface area contributed by atoms with Crippen LogP contribution in [-0.4, -0.2) is 30.4 Å². The summed E-state index contributed by atoms with van der Waals surface area (Å²) in [5, 5.41) is 0. The quantitative estimate of drug-likeness (QED) is 0.453. The van der Waals surface area contributed by atoms with Crippen LogP contribution in [0.25, 0.3) is 0 Å². The van der Waals surface area contributed by atoms with Crippen molar-refractivity contribution in [2.75, 3.05) is 13.1 Å². The molecule has 4 nitrogen and oxygen atoms in total. The third kappa shape index (κ3) is 3.17. The first-order valence-electron chi connectivity index (χ1n) is 5.25. The van der Waals surface area contributed by atoms with Crippen LogP contribution in [0, 0.1) is 5.41 Å². The van der Waals surface area contributed by atoms with Crippen LogP contribution in [0.5, 0.6) is 0 Å². The fourth-order valence-corrected chi connectivity index (χ4v) is 3.46. The summed E-state index contributed by atoms with van der Waals surface area (Å²) < 4.78 is 31.8. The van der Waals surface area contributed by atoms with Crippen LogP contribution >= 0.6 is 0 Å². The van der Waals surface area contributed by atoms with Gasteiger partial charge < -0.3 is 1.43 Å². The largest absolute Gasteiger partial charge is 1.00 e. The van der Waals surface area contributed by atoms with Gasteiger partial charge in [0.15, 0.2) is 0 Å². The van der Waals surface area contributed by atoms with E-state index in [2.05, 4.69) is 0 Å². The first kappa shape index (κ1) is 13.9. The second-order valence-corrected chi connectivity index (χ2v) is 6.00. The van der Waals surface area contributed by atoms with Crippen LogP contribution in [0.3, 0.4) is 0 Å². The summed E-state index contributed by atoms with van der Waals surface area (Å²) in [6, 6.07) is 0. The Labute approximate surface area is 115 Å². The Kier molecular flexibility index (Phi) is 4.66. The van der Waals surface area contributed by atoms with Gasteiger partial charge >= 0.3 is 39.9 Å². The summed E-state index contributed by atoms with van der Waals surface area (Å²) in [7, 11) is -3.94. The van der Waals surface area contributed by atoms with Crippen molar-refractivity contribution in [2.24, 2.45) is 5.41 Å². The number of hydrogen-bond acceptors (Lipinski definition) is 2. The molecule has 84 valence electrons. The summed E-state index contributed by atoms with van der Waals surface area (Å²) in [4.78, 5) is 0. The average molecular weight is 243 g/mol. The van der Waals surface area contributed by atoms with E-state index in [1.54, 1.807) is 0 Å². The van der Waals surface area contributed by atoms with Crippen LogP contribution in [0.15, 0.2) is 0 Å². The Morgan fingerprint density at radius 1 is 1.07 bits per heavy atom. The SMILES string of the molecule is O=S(=O)(O)N1CCC2(CCCC2)CC1.[H-].[Na+]. The molecule has 1 aliphatic carbocycles. The van der Waals surface area contributed by atoms with Crippen molar-refractivity contribution < 1.29 is 44.0 Å². The Bertz CT molecular complexity index is 307. The molecule has 0 amide bonds. The van der Waals surface area contributed by atoms with Crippen LogP contribution in [0.4, 0.5) is 0 Å². The zero-order chi connectivity index (χ0) is 10.2. The molecule has 0 unspecified atom stereocenters. The normalized spacial score (nSPS) is 26.5. The molecule has 0 bridgehead atoms. The van der Waals surface area contributed by atoms with Gasteiger partial charge in [-0.3, -0.25) is 4.55 Å². The maximum absolute atomic E-state index is 10.9. The molecular weight excluding hydrogens is 225 g/mol. The molecule has 1 heterocycles. The minimum atomic E-state index is -3.94. The molecule has 2 rings (SSSR count). The van der Waals surface area contributed by atoms with Gasteiger partial charge in [-0.05, 0) is 31.1 Å². The molecule has 1 aliphatic heterocycles. The van der Waals surface area contributed by atoms with E-state index in [1.165, 1.54) is 30.0 Å². The topological polar surface area (TPSA) is 57.6 Å². The van der Waals surface area contributed by atoms with E-state index in [4.69, 9.17) is 4.55 Å². The van der Waals surface area contributed by atoms with Gasteiger partial charge in [0.25, 0.3) is 0 Å². The van der Waals surface area contributed by atoms with Crippen molar-refractivity contribution in [3.05, 3.63) is 0 Å². The molecule has 1 spiro atoms. The van der Waals surface area contributed by atoms with Crippen molar-refractivity contribution in [1.29, 1.82) is 0 Å². The van der Waals surface area contributed by atoms with Crippen molar-refractivity contribution in [2.45, 2.75) is 38.5 Å². The number of rotatable bonds is 1. The Morgan fingerprint density at radius 2 is 1.53 bits per heavy atom. The zero-order valence-corrected chi connectivity index (χ0v) is 12.1. The molecule has 1 saturated carbocycles. The second kappa shape index (κ2) is 5.02. The summed E-state index contributed by atoms with van der Waals surface area (Å²) >= 11 is 0. The molecule has 1 saturated heterocycles.